The van der Waals surface area contributed by atoms with Gasteiger partial charge in [0.1, 0.15) is 4.75 Å². The number of carbonyl (C=O) groups excluding carboxylic acids is 2. The third-order valence-corrected chi connectivity index (χ3v) is 3.49. The van der Waals surface area contributed by atoms with E-state index in [2.05, 4.69) is 10.1 Å². The minimum absolute atomic E-state index is 0.0809. The predicted octanol–water partition coefficient (Wildman–Crippen LogP) is 0.652. The summed E-state index contributed by atoms with van der Waals surface area (Å²) in [6, 6.07) is 0. The van der Waals surface area contributed by atoms with Crippen molar-refractivity contribution in [2.75, 3.05) is 19.4 Å². The topological polar surface area (TPSA) is 92.7 Å². The number of thioether (sulfide) groups is 1. The summed E-state index contributed by atoms with van der Waals surface area (Å²) in [4.78, 5) is 33.0. The van der Waals surface area contributed by atoms with Crippen LogP contribution < -0.4 is 5.32 Å². The number of carboxylic acid groups (broad SMARTS) is 1. The number of carbonyl (C=O) groups is 3. The minimum Gasteiger partial charge on any atom is -0.480 e. The number of nitrogens with one attached hydrogen (secondary N) is 1. The number of hydrogen-bond donors (Lipinski definition) is 2. The lowest BCUT2D eigenvalue weighted by molar-refractivity contribution is -0.141. The Kier molecular flexibility index (Phi) is 7.42. The molecule has 1 amide bonds. The number of amides is 1. The SMILES string of the molecule is COC(=O)CCCNC(=O)CSC(C)(C)C(=O)O. The van der Waals surface area contributed by atoms with Gasteiger partial charge in [0.05, 0.1) is 12.9 Å². The zero-order valence-electron chi connectivity index (χ0n) is 10.8. The smallest absolute Gasteiger partial charge is 0.319 e. The Morgan fingerprint density at radius 3 is 2.44 bits per heavy atom. The lowest BCUT2D eigenvalue weighted by atomic mass is 10.2. The quantitative estimate of drug-likeness (QED) is 0.500. The van der Waals surface area contributed by atoms with Crippen LogP contribution in [0.25, 0.3) is 0 Å². The average Bonchev–Trinajstić information content (AvgIpc) is 2.31. The van der Waals surface area contributed by atoms with Crippen LogP contribution >= 0.6 is 11.8 Å². The second-order valence-corrected chi connectivity index (χ2v) is 5.73. The van der Waals surface area contributed by atoms with Gasteiger partial charge in [-0.25, -0.2) is 0 Å². The van der Waals surface area contributed by atoms with Crippen LogP contribution in [0.5, 0.6) is 0 Å². The fourth-order valence-corrected chi connectivity index (χ4v) is 1.64. The van der Waals surface area contributed by atoms with Crippen LogP contribution in [0.15, 0.2) is 0 Å². The van der Waals surface area contributed by atoms with Gasteiger partial charge in [-0.2, -0.15) is 0 Å². The molecule has 0 aromatic rings. The van der Waals surface area contributed by atoms with E-state index in [-0.39, 0.29) is 24.1 Å². The summed E-state index contributed by atoms with van der Waals surface area (Å²) >= 11 is 1.06. The Labute approximate surface area is 110 Å². The number of hydrogen-bond acceptors (Lipinski definition) is 5. The summed E-state index contributed by atoms with van der Waals surface area (Å²) in [6.45, 7) is 3.47. The molecule has 0 unspecified atom stereocenters. The summed E-state index contributed by atoms with van der Waals surface area (Å²) in [5, 5.41) is 11.5. The van der Waals surface area contributed by atoms with Crippen molar-refractivity contribution in [2.45, 2.75) is 31.4 Å². The predicted molar refractivity (Wildman–Crippen MR) is 68.4 cm³/mol. The van der Waals surface area contributed by atoms with Crippen LogP contribution in [0.1, 0.15) is 26.7 Å². The molecule has 0 bridgehead atoms. The molecule has 0 aliphatic rings. The van der Waals surface area contributed by atoms with Gasteiger partial charge in [-0.3, -0.25) is 14.4 Å². The molecule has 0 aromatic heterocycles. The molecule has 0 radical (unpaired) electrons. The van der Waals surface area contributed by atoms with E-state index in [1.807, 2.05) is 0 Å². The van der Waals surface area contributed by atoms with Crippen molar-refractivity contribution < 1.29 is 24.2 Å². The van der Waals surface area contributed by atoms with Crippen molar-refractivity contribution in [1.29, 1.82) is 0 Å². The Morgan fingerprint density at radius 1 is 1.33 bits per heavy atom. The van der Waals surface area contributed by atoms with Gasteiger partial charge >= 0.3 is 11.9 Å². The largest absolute Gasteiger partial charge is 0.480 e. The maximum absolute atomic E-state index is 11.4. The van der Waals surface area contributed by atoms with E-state index in [0.717, 1.165) is 11.8 Å². The van der Waals surface area contributed by atoms with E-state index in [1.165, 1.54) is 7.11 Å². The average molecular weight is 277 g/mol. The normalized spacial score (nSPS) is 10.8. The highest BCUT2D eigenvalue weighted by molar-refractivity contribution is 8.01. The van der Waals surface area contributed by atoms with Crippen LogP contribution in [0.3, 0.4) is 0 Å². The van der Waals surface area contributed by atoms with E-state index in [0.29, 0.717) is 13.0 Å². The molecule has 0 spiro atoms. The summed E-state index contributed by atoms with van der Waals surface area (Å²) < 4.78 is 3.47. The van der Waals surface area contributed by atoms with Crippen molar-refractivity contribution >= 4 is 29.6 Å². The number of ether oxygens (including phenoxy) is 1. The zero-order chi connectivity index (χ0) is 14.2. The Morgan fingerprint density at radius 2 is 1.94 bits per heavy atom. The zero-order valence-corrected chi connectivity index (χ0v) is 11.6. The van der Waals surface area contributed by atoms with Crippen LogP contribution in [0, 0.1) is 0 Å². The van der Waals surface area contributed by atoms with Crippen molar-refractivity contribution in [1.82, 2.24) is 5.32 Å². The molecule has 0 saturated heterocycles. The molecule has 0 rings (SSSR count). The van der Waals surface area contributed by atoms with E-state index >= 15 is 0 Å². The van der Waals surface area contributed by atoms with Crippen LogP contribution in [0.4, 0.5) is 0 Å². The van der Waals surface area contributed by atoms with Crippen molar-refractivity contribution in [3.8, 4) is 0 Å². The maximum Gasteiger partial charge on any atom is 0.319 e. The molecule has 0 saturated carbocycles. The second kappa shape index (κ2) is 7.97. The lowest BCUT2D eigenvalue weighted by Gasteiger charge is -2.17. The van der Waals surface area contributed by atoms with E-state index in [1.54, 1.807) is 13.8 Å². The number of esters is 1. The number of methoxy groups -OCH3 is 1. The van der Waals surface area contributed by atoms with Crippen LogP contribution in [0.2, 0.25) is 0 Å². The first kappa shape index (κ1) is 16.8. The summed E-state index contributed by atoms with van der Waals surface area (Å²) in [6.07, 6.45) is 0.760. The fourth-order valence-electron chi connectivity index (χ4n) is 0.921. The standard InChI is InChI=1S/C11H19NO5S/c1-11(2,10(15)16)18-7-8(13)12-6-4-5-9(14)17-3/h4-7H2,1-3H3,(H,12,13)(H,15,16). The second-order valence-electron chi connectivity index (χ2n) is 4.13. The van der Waals surface area contributed by atoms with E-state index < -0.39 is 10.7 Å². The molecule has 0 aromatic carbocycles. The summed E-state index contributed by atoms with van der Waals surface area (Å²) in [5.41, 5.74) is 0. The molecule has 18 heavy (non-hydrogen) atoms. The third-order valence-electron chi connectivity index (χ3n) is 2.19. The highest BCUT2D eigenvalue weighted by atomic mass is 32.2. The van der Waals surface area contributed by atoms with E-state index in [9.17, 15) is 14.4 Å². The number of aliphatic carboxylic acids is 1. The molecule has 0 atom stereocenters. The Balaban J connectivity index is 3.73. The van der Waals surface area contributed by atoms with Gasteiger partial charge in [0, 0.05) is 13.0 Å². The highest BCUT2D eigenvalue weighted by Gasteiger charge is 2.28. The van der Waals surface area contributed by atoms with Crippen LogP contribution in [-0.2, 0) is 19.1 Å². The minimum atomic E-state index is -0.983. The van der Waals surface area contributed by atoms with Gasteiger partial charge in [-0.1, -0.05) is 0 Å². The van der Waals surface area contributed by atoms with Gasteiger partial charge in [0.15, 0.2) is 0 Å². The summed E-state index contributed by atoms with van der Waals surface area (Å²) in [7, 11) is 1.31. The Bertz CT molecular complexity index is 317. The first-order chi connectivity index (χ1) is 8.29. The van der Waals surface area contributed by atoms with Gasteiger partial charge in [0.2, 0.25) is 5.91 Å². The molecular formula is C11H19NO5S. The molecule has 0 fully saturated rings. The van der Waals surface area contributed by atoms with Gasteiger partial charge < -0.3 is 15.2 Å². The summed E-state index contributed by atoms with van der Waals surface area (Å²) in [5.74, 6) is -1.42. The monoisotopic (exact) mass is 277 g/mol. The first-order valence-corrected chi connectivity index (χ1v) is 6.49. The number of carboxylic acids is 1. The molecule has 6 nitrogen and oxygen atoms in total. The third kappa shape index (κ3) is 7.16. The van der Waals surface area contributed by atoms with Gasteiger partial charge in [-0.15, -0.1) is 11.8 Å². The van der Waals surface area contributed by atoms with Gasteiger partial charge in [-0.05, 0) is 20.3 Å². The number of rotatable bonds is 8. The van der Waals surface area contributed by atoms with Crippen molar-refractivity contribution in [3.63, 3.8) is 0 Å². The molecule has 0 aliphatic heterocycles. The Hall–Kier alpha value is -1.24. The van der Waals surface area contributed by atoms with Crippen molar-refractivity contribution in [2.24, 2.45) is 0 Å². The lowest BCUT2D eigenvalue weighted by Crippen LogP contribution is -2.32. The highest BCUT2D eigenvalue weighted by Crippen LogP contribution is 2.23. The molecule has 104 valence electrons. The van der Waals surface area contributed by atoms with Crippen molar-refractivity contribution in [3.05, 3.63) is 0 Å². The molecule has 7 heteroatoms. The maximum atomic E-state index is 11.4. The van der Waals surface area contributed by atoms with Crippen LogP contribution in [-0.4, -0.2) is 47.1 Å². The first-order valence-electron chi connectivity index (χ1n) is 5.50. The fraction of sp³-hybridized carbons (Fsp3) is 0.727. The molecule has 0 heterocycles. The molecular weight excluding hydrogens is 258 g/mol. The molecule has 2 N–H and O–H groups in total. The van der Waals surface area contributed by atoms with Gasteiger partial charge in [0.25, 0.3) is 0 Å². The van der Waals surface area contributed by atoms with E-state index in [4.69, 9.17) is 5.11 Å². The molecule has 0 aliphatic carbocycles.